The predicted octanol–water partition coefficient (Wildman–Crippen LogP) is 3.49. The molecule has 0 saturated carbocycles. The molecule has 1 aliphatic heterocycles. The third kappa shape index (κ3) is 3.52. The molecule has 1 atom stereocenters. The Morgan fingerprint density at radius 1 is 1.48 bits per heavy atom. The van der Waals surface area contributed by atoms with Crippen LogP contribution in [-0.4, -0.2) is 34.2 Å². The molecule has 1 heterocycles. The molecule has 21 heavy (non-hydrogen) atoms. The number of carbonyl (C=O) groups is 1. The second kappa shape index (κ2) is 5.88. The molecule has 0 aliphatic carbocycles. The third-order valence-corrected chi connectivity index (χ3v) is 4.19. The lowest BCUT2D eigenvalue weighted by Crippen LogP contribution is -2.49. The first-order valence-corrected chi connectivity index (χ1v) is 7.44. The Balaban J connectivity index is 2.19. The van der Waals surface area contributed by atoms with Gasteiger partial charge in [-0.2, -0.15) is 0 Å². The van der Waals surface area contributed by atoms with E-state index in [9.17, 15) is 18.7 Å². The van der Waals surface area contributed by atoms with Crippen LogP contribution in [0.15, 0.2) is 16.6 Å². The highest BCUT2D eigenvalue weighted by atomic mass is 79.9. The first-order valence-electron chi connectivity index (χ1n) is 6.64. The van der Waals surface area contributed by atoms with Crippen LogP contribution in [0, 0.1) is 11.6 Å². The van der Waals surface area contributed by atoms with Crippen LogP contribution < -0.4 is 5.32 Å². The summed E-state index contributed by atoms with van der Waals surface area (Å²) in [6.07, 6.45) is 1.46. The minimum absolute atomic E-state index is 0.109. The molecular weight excluding hydrogens is 346 g/mol. The van der Waals surface area contributed by atoms with E-state index >= 15 is 0 Å². The lowest BCUT2D eigenvalue weighted by molar-refractivity contribution is 0.0117. The van der Waals surface area contributed by atoms with E-state index in [1.807, 2.05) is 0 Å². The highest BCUT2D eigenvalue weighted by molar-refractivity contribution is 9.10. The quantitative estimate of drug-likeness (QED) is 0.845. The number of likely N-dealkylation sites (tertiary alicyclic amines) is 1. The second-order valence-corrected chi connectivity index (χ2v) is 6.53. The normalized spacial score (nSPS) is 19.0. The summed E-state index contributed by atoms with van der Waals surface area (Å²) in [6, 6.07) is 0.944. The zero-order valence-corrected chi connectivity index (χ0v) is 13.4. The first-order chi connectivity index (χ1) is 9.70. The van der Waals surface area contributed by atoms with Gasteiger partial charge in [0.2, 0.25) is 0 Å². The number of amides is 2. The molecular formula is C14H17BrF2N2O2. The van der Waals surface area contributed by atoms with Gasteiger partial charge in [-0.1, -0.05) is 0 Å². The van der Waals surface area contributed by atoms with E-state index in [0.29, 0.717) is 19.0 Å². The topological polar surface area (TPSA) is 52.6 Å². The number of rotatable bonds is 2. The molecule has 1 aromatic carbocycles. The van der Waals surface area contributed by atoms with Crippen LogP contribution in [0.3, 0.4) is 0 Å². The summed E-state index contributed by atoms with van der Waals surface area (Å²) in [5.41, 5.74) is -1.14. The second-order valence-electron chi connectivity index (χ2n) is 5.68. The molecule has 7 heteroatoms. The van der Waals surface area contributed by atoms with Gasteiger partial charge >= 0.3 is 6.03 Å². The Bertz CT molecular complexity index is 537. The van der Waals surface area contributed by atoms with E-state index < -0.39 is 23.3 Å². The van der Waals surface area contributed by atoms with E-state index in [1.54, 1.807) is 13.8 Å². The SMILES string of the molecule is CC(C)(O)[C@H]1CCCN1C(=O)Nc1c(F)cc(F)cc1Br. The lowest BCUT2D eigenvalue weighted by atomic mass is 9.97. The number of carbonyl (C=O) groups excluding carboxylic acids is 1. The summed E-state index contributed by atoms with van der Waals surface area (Å²) in [5, 5.41) is 12.5. The fourth-order valence-electron chi connectivity index (χ4n) is 2.58. The van der Waals surface area contributed by atoms with E-state index in [-0.39, 0.29) is 16.2 Å². The van der Waals surface area contributed by atoms with Gasteiger partial charge in [0.1, 0.15) is 5.82 Å². The summed E-state index contributed by atoms with van der Waals surface area (Å²) in [6.45, 7) is 3.76. The van der Waals surface area contributed by atoms with Crippen molar-refractivity contribution >= 4 is 27.6 Å². The van der Waals surface area contributed by atoms with Gasteiger partial charge in [-0.15, -0.1) is 0 Å². The van der Waals surface area contributed by atoms with Crippen LogP contribution in [0.25, 0.3) is 0 Å². The van der Waals surface area contributed by atoms with Crippen LogP contribution in [-0.2, 0) is 0 Å². The zero-order chi connectivity index (χ0) is 15.8. The van der Waals surface area contributed by atoms with Gasteiger partial charge in [-0.25, -0.2) is 13.6 Å². The summed E-state index contributed by atoms with van der Waals surface area (Å²) in [5.74, 6) is -1.58. The fourth-order valence-corrected chi connectivity index (χ4v) is 3.09. The minimum Gasteiger partial charge on any atom is -0.388 e. The van der Waals surface area contributed by atoms with Crippen molar-refractivity contribution in [1.82, 2.24) is 4.90 Å². The number of halogens is 3. The molecule has 1 aromatic rings. The third-order valence-electron chi connectivity index (χ3n) is 3.57. The molecule has 1 saturated heterocycles. The monoisotopic (exact) mass is 362 g/mol. The molecule has 2 N–H and O–H groups in total. The van der Waals surface area contributed by atoms with Gasteiger partial charge in [0.05, 0.1) is 17.3 Å². The maximum absolute atomic E-state index is 13.7. The molecule has 0 bridgehead atoms. The van der Waals surface area contributed by atoms with Crippen molar-refractivity contribution < 1.29 is 18.7 Å². The number of nitrogens with one attached hydrogen (secondary N) is 1. The molecule has 0 unspecified atom stereocenters. The van der Waals surface area contributed by atoms with Gasteiger partial charge < -0.3 is 15.3 Å². The Hall–Kier alpha value is -1.21. The molecule has 0 spiro atoms. The number of nitrogens with zero attached hydrogens (tertiary/aromatic N) is 1. The summed E-state index contributed by atoms with van der Waals surface area (Å²) >= 11 is 3.03. The smallest absolute Gasteiger partial charge is 0.322 e. The van der Waals surface area contributed by atoms with Gasteiger partial charge in [0.15, 0.2) is 5.82 Å². The number of aliphatic hydroxyl groups is 1. The van der Waals surface area contributed by atoms with Crippen LogP contribution in [0.5, 0.6) is 0 Å². The summed E-state index contributed by atoms with van der Waals surface area (Å²) in [4.78, 5) is 13.8. The Morgan fingerprint density at radius 2 is 2.14 bits per heavy atom. The Labute approximate surface area is 130 Å². The Morgan fingerprint density at radius 3 is 2.71 bits per heavy atom. The predicted molar refractivity (Wildman–Crippen MR) is 79.1 cm³/mol. The number of urea groups is 1. The molecule has 0 aromatic heterocycles. The Kier molecular flexibility index (Phi) is 4.53. The maximum atomic E-state index is 13.7. The van der Waals surface area contributed by atoms with E-state index in [2.05, 4.69) is 21.2 Å². The molecule has 4 nitrogen and oxygen atoms in total. The highest BCUT2D eigenvalue weighted by Crippen LogP contribution is 2.30. The summed E-state index contributed by atoms with van der Waals surface area (Å²) < 4.78 is 26.9. The van der Waals surface area contributed by atoms with Gasteiger partial charge in [-0.05, 0) is 48.7 Å². The van der Waals surface area contributed by atoms with Crippen molar-refractivity contribution in [3.05, 3.63) is 28.2 Å². The van der Waals surface area contributed by atoms with Gasteiger partial charge in [-0.3, -0.25) is 0 Å². The molecule has 116 valence electrons. The number of anilines is 1. The lowest BCUT2D eigenvalue weighted by Gasteiger charge is -2.33. The van der Waals surface area contributed by atoms with Crippen molar-refractivity contribution in [2.24, 2.45) is 0 Å². The van der Waals surface area contributed by atoms with Crippen LogP contribution in [0.1, 0.15) is 26.7 Å². The molecule has 2 rings (SSSR count). The zero-order valence-electron chi connectivity index (χ0n) is 11.8. The largest absolute Gasteiger partial charge is 0.388 e. The molecule has 1 fully saturated rings. The van der Waals surface area contributed by atoms with Crippen LogP contribution >= 0.6 is 15.9 Å². The van der Waals surface area contributed by atoms with Crippen LogP contribution in [0.2, 0.25) is 0 Å². The molecule has 2 amide bonds. The minimum atomic E-state index is -1.04. The highest BCUT2D eigenvalue weighted by Gasteiger charge is 2.38. The van der Waals surface area contributed by atoms with Crippen LogP contribution in [0.4, 0.5) is 19.3 Å². The van der Waals surface area contributed by atoms with E-state index in [0.717, 1.165) is 12.5 Å². The van der Waals surface area contributed by atoms with Crippen molar-refractivity contribution in [1.29, 1.82) is 0 Å². The van der Waals surface area contributed by atoms with Gasteiger partial charge in [0.25, 0.3) is 0 Å². The van der Waals surface area contributed by atoms with Crippen molar-refractivity contribution in [2.45, 2.75) is 38.3 Å². The van der Waals surface area contributed by atoms with Crippen molar-refractivity contribution in [2.75, 3.05) is 11.9 Å². The van der Waals surface area contributed by atoms with E-state index in [4.69, 9.17) is 0 Å². The van der Waals surface area contributed by atoms with Crippen molar-refractivity contribution in [3.63, 3.8) is 0 Å². The average Bonchev–Trinajstić information content (AvgIpc) is 2.82. The first kappa shape index (κ1) is 16.2. The molecule has 0 radical (unpaired) electrons. The molecule has 1 aliphatic rings. The number of hydrogen-bond donors (Lipinski definition) is 2. The maximum Gasteiger partial charge on any atom is 0.322 e. The van der Waals surface area contributed by atoms with Crippen molar-refractivity contribution in [3.8, 4) is 0 Å². The fraction of sp³-hybridized carbons (Fsp3) is 0.500. The van der Waals surface area contributed by atoms with E-state index in [1.165, 1.54) is 4.90 Å². The number of hydrogen-bond acceptors (Lipinski definition) is 2. The standard InChI is InChI=1S/C14H17BrF2N2O2/c1-14(2,21)11-4-3-5-19(11)13(20)18-12-9(15)6-8(16)7-10(12)17/h6-7,11,21H,3-5H2,1-2H3,(H,18,20)/t11-/m1/s1. The summed E-state index contributed by atoms with van der Waals surface area (Å²) in [7, 11) is 0. The number of benzene rings is 1. The average molecular weight is 363 g/mol. The van der Waals surface area contributed by atoms with Gasteiger partial charge in [0, 0.05) is 17.1 Å².